The predicted octanol–water partition coefficient (Wildman–Crippen LogP) is 5.60. The van der Waals surface area contributed by atoms with Gasteiger partial charge in [-0.15, -0.1) is 11.3 Å². The molecule has 0 spiro atoms. The Balaban J connectivity index is 2.36. The number of nitrogens with one attached hydrogen (secondary N) is 1. The van der Waals surface area contributed by atoms with E-state index in [1.165, 1.54) is 27.3 Å². The quantitative estimate of drug-likeness (QED) is 0.702. The zero-order chi connectivity index (χ0) is 15.2. The maximum absolute atomic E-state index is 3.80. The molecule has 114 valence electrons. The molecule has 0 aliphatic heterocycles. The molecule has 1 N–H and O–H groups in total. The molecule has 0 radical (unpaired) electrons. The van der Waals surface area contributed by atoms with Crippen LogP contribution in [0.3, 0.4) is 0 Å². The third-order valence-corrected chi connectivity index (χ3v) is 5.08. The second-order valence-corrected chi connectivity index (χ2v) is 7.19. The van der Waals surface area contributed by atoms with E-state index in [4.69, 9.17) is 0 Å². The summed E-state index contributed by atoms with van der Waals surface area (Å²) in [4.78, 5) is 2.86. The molecule has 21 heavy (non-hydrogen) atoms. The first-order valence-electron chi connectivity index (χ1n) is 8.02. The van der Waals surface area contributed by atoms with Crippen molar-refractivity contribution in [2.75, 3.05) is 6.54 Å². The normalized spacial score (nSPS) is 14.1. The molecular formula is C19H27NS. The zero-order valence-electron chi connectivity index (χ0n) is 13.6. The number of hydrogen-bond acceptors (Lipinski definition) is 2. The van der Waals surface area contributed by atoms with Crippen LogP contribution in [-0.2, 0) is 0 Å². The van der Waals surface area contributed by atoms with Crippen LogP contribution < -0.4 is 5.32 Å². The Bertz CT molecular complexity index is 544. The third kappa shape index (κ3) is 3.96. The minimum absolute atomic E-state index is 0.419. The monoisotopic (exact) mass is 301 g/mol. The van der Waals surface area contributed by atoms with Gasteiger partial charge in [0.2, 0.25) is 0 Å². The van der Waals surface area contributed by atoms with Gasteiger partial charge in [0.1, 0.15) is 0 Å². The zero-order valence-corrected chi connectivity index (χ0v) is 14.5. The summed E-state index contributed by atoms with van der Waals surface area (Å²) in [6.45, 7) is 10.1. The van der Waals surface area contributed by atoms with Crippen molar-refractivity contribution in [2.45, 2.75) is 52.5 Å². The van der Waals surface area contributed by atoms with Gasteiger partial charge >= 0.3 is 0 Å². The van der Waals surface area contributed by atoms with Gasteiger partial charge < -0.3 is 5.32 Å². The van der Waals surface area contributed by atoms with Gasteiger partial charge in [-0.3, -0.25) is 0 Å². The van der Waals surface area contributed by atoms with E-state index in [-0.39, 0.29) is 0 Å². The number of benzene rings is 1. The molecule has 2 rings (SSSR count). The Morgan fingerprint density at radius 1 is 1.10 bits per heavy atom. The van der Waals surface area contributed by atoms with Crippen molar-refractivity contribution in [2.24, 2.45) is 0 Å². The van der Waals surface area contributed by atoms with Crippen LogP contribution in [0.4, 0.5) is 0 Å². The number of aryl methyl sites for hydroxylation is 2. The van der Waals surface area contributed by atoms with Gasteiger partial charge in [-0.25, -0.2) is 0 Å². The van der Waals surface area contributed by atoms with E-state index >= 15 is 0 Å². The highest BCUT2D eigenvalue weighted by Gasteiger charge is 2.25. The smallest absolute Gasteiger partial charge is 0.0400 e. The Kier molecular flexibility index (Phi) is 6.01. The van der Waals surface area contributed by atoms with E-state index in [0.717, 1.165) is 13.0 Å². The summed E-state index contributed by atoms with van der Waals surface area (Å²) in [5.41, 5.74) is 2.93. The van der Waals surface area contributed by atoms with Crippen molar-refractivity contribution in [1.82, 2.24) is 5.32 Å². The standard InChI is InChI=1S/C19H27NS/c1-5-12-20-19(18-13-14(3)21-15(18)4)17(6-2)16-10-8-7-9-11-16/h7-11,13,17,19-20H,5-6,12H2,1-4H3. The highest BCUT2D eigenvalue weighted by atomic mass is 32.1. The lowest BCUT2D eigenvalue weighted by molar-refractivity contribution is 0.435. The fourth-order valence-corrected chi connectivity index (χ4v) is 4.06. The van der Waals surface area contributed by atoms with E-state index in [1.54, 1.807) is 0 Å². The third-order valence-electron chi connectivity index (χ3n) is 4.10. The number of hydrogen-bond donors (Lipinski definition) is 1. The minimum Gasteiger partial charge on any atom is -0.309 e. The lowest BCUT2D eigenvalue weighted by Crippen LogP contribution is -2.28. The average Bonchev–Trinajstić information content (AvgIpc) is 2.83. The van der Waals surface area contributed by atoms with Gasteiger partial charge in [0.25, 0.3) is 0 Å². The van der Waals surface area contributed by atoms with E-state index < -0.39 is 0 Å². The molecule has 0 saturated carbocycles. The van der Waals surface area contributed by atoms with Gasteiger partial charge in [0.15, 0.2) is 0 Å². The maximum atomic E-state index is 3.80. The first-order valence-corrected chi connectivity index (χ1v) is 8.84. The van der Waals surface area contributed by atoms with Crippen molar-refractivity contribution in [3.8, 4) is 0 Å². The van der Waals surface area contributed by atoms with Crippen molar-refractivity contribution < 1.29 is 0 Å². The van der Waals surface area contributed by atoms with E-state index in [2.05, 4.69) is 69.4 Å². The van der Waals surface area contributed by atoms with Crippen LogP contribution in [0.25, 0.3) is 0 Å². The van der Waals surface area contributed by atoms with E-state index in [9.17, 15) is 0 Å². The fourth-order valence-electron chi connectivity index (χ4n) is 3.09. The molecule has 1 aromatic heterocycles. The molecule has 2 unspecified atom stereocenters. The van der Waals surface area contributed by atoms with Crippen molar-refractivity contribution in [3.05, 3.63) is 57.3 Å². The van der Waals surface area contributed by atoms with Crippen LogP contribution in [0.1, 0.15) is 59.5 Å². The highest BCUT2D eigenvalue weighted by Crippen LogP contribution is 2.37. The van der Waals surface area contributed by atoms with Gasteiger partial charge in [0, 0.05) is 21.7 Å². The minimum atomic E-state index is 0.419. The van der Waals surface area contributed by atoms with E-state index in [1.807, 2.05) is 11.3 Å². The molecule has 2 aromatic rings. The van der Waals surface area contributed by atoms with Gasteiger partial charge in [-0.05, 0) is 50.4 Å². The molecular weight excluding hydrogens is 274 g/mol. The summed E-state index contributed by atoms with van der Waals surface area (Å²) in [6, 6.07) is 13.7. The van der Waals surface area contributed by atoms with Crippen LogP contribution in [-0.4, -0.2) is 6.54 Å². The maximum Gasteiger partial charge on any atom is 0.0400 e. The summed E-state index contributed by atoms with van der Waals surface area (Å²) >= 11 is 1.91. The SMILES string of the molecule is CCCNC(c1cc(C)sc1C)C(CC)c1ccccc1. The molecule has 1 nitrogen and oxygen atoms in total. The molecule has 1 heterocycles. The predicted molar refractivity (Wildman–Crippen MR) is 94.3 cm³/mol. The first-order chi connectivity index (χ1) is 10.2. The van der Waals surface area contributed by atoms with Crippen LogP contribution in [0.15, 0.2) is 36.4 Å². The molecule has 0 aliphatic carbocycles. The Morgan fingerprint density at radius 2 is 1.81 bits per heavy atom. The summed E-state index contributed by atoms with van der Waals surface area (Å²) in [5.74, 6) is 0.533. The van der Waals surface area contributed by atoms with Crippen molar-refractivity contribution in [1.29, 1.82) is 0 Å². The highest BCUT2D eigenvalue weighted by molar-refractivity contribution is 7.12. The molecule has 2 heteroatoms. The molecule has 2 atom stereocenters. The molecule has 0 fully saturated rings. The second kappa shape index (κ2) is 7.77. The van der Waals surface area contributed by atoms with Crippen molar-refractivity contribution >= 4 is 11.3 Å². The van der Waals surface area contributed by atoms with Crippen LogP contribution in [0.5, 0.6) is 0 Å². The summed E-state index contributed by atoms with van der Waals surface area (Å²) < 4.78 is 0. The Morgan fingerprint density at radius 3 is 2.33 bits per heavy atom. The second-order valence-electron chi connectivity index (χ2n) is 5.73. The van der Waals surface area contributed by atoms with Gasteiger partial charge in [-0.1, -0.05) is 44.2 Å². The average molecular weight is 301 g/mol. The van der Waals surface area contributed by atoms with E-state index in [0.29, 0.717) is 12.0 Å². The fraction of sp³-hybridized carbons (Fsp3) is 0.474. The first kappa shape index (κ1) is 16.3. The molecule has 0 aliphatic rings. The van der Waals surface area contributed by atoms with Crippen LogP contribution in [0.2, 0.25) is 0 Å². The largest absolute Gasteiger partial charge is 0.309 e. The Hall–Kier alpha value is -1.12. The lowest BCUT2D eigenvalue weighted by atomic mass is 9.85. The number of thiophene rings is 1. The molecule has 1 aromatic carbocycles. The molecule has 0 saturated heterocycles. The lowest BCUT2D eigenvalue weighted by Gasteiger charge is -2.28. The molecule has 0 amide bonds. The van der Waals surface area contributed by atoms with Crippen LogP contribution in [0, 0.1) is 13.8 Å². The number of rotatable bonds is 7. The van der Waals surface area contributed by atoms with Gasteiger partial charge in [0.05, 0.1) is 0 Å². The summed E-state index contributed by atoms with van der Waals surface area (Å²) in [5, 5.41) is 3.80. The van der Waals surface area contributed by atoms with Gasteiger partial charge in [-0.2, -0.15) is 0 Å². The topological polar surface area (TPSA) is 12.0 Å². The Labute approximate surface area is 133 Å². The summed E-state index contributed by atoms with van der Waals surface area (Å²) in [6.07, 6.45) is 2.32. The molecule has 0 bridgehead atoms. The summed E-state index contributed by atoms with van der Waals surface area (Å²) in [7, 11) is 0. The van der Waals surface area contributed by atoms with Crippen molar-refractivity contribution in [3.63, 3.8) is 0 Å². The van der Waals surface area contributed by atoms with Crippen LogP contribution >= 0.6 is 11.3 Å².